The molecule has 0 unspecified atom stereocenters. The third kappa shape index (κ3) is 3.57. The fraction of sp³-hybridized carbons (Fsp3) is 0.250. The molecule has 6 nitrogen and oxygen atoms in total. The molecule has 1 aromatic heterocycles. The van der Waals surface area contributed by atoms with Crippen molar-refractivity contribution in [3.8, 4) is 0 Å². The minimum absolute atomic E-state index is 0.0200. The number of halogens is 2. The number of aromatic nitrogens is 2. The number of anilines is 1. The van der Waals surface area contributed by atoms with E-state index in [0.29, 0.717) is 33.0 Å². The Kier molecular flexibility index (Phi) is 4.92. The maximum Gasteiger partial charge on any atom is 0.281 e. The van der Waals surface area contributed by atoms with Crippen LogP contribution in [0.4, 0.5) is 5.69 Å². The number of sulfonamides is 1. The Morgan fingerprint density at radius 2 is 2.14 bits per heavy atom. The molecule has 1 heterocycles. The molecule has 0 spiro atoms. The van der Waals surface area contributed by atoms with Crippen LogP contribution in [0.2, 0.25) is 5.02 Å². The van der Waals surface area contributed by atoms with E-state index in [0.717, 1.165) is 0 Å². The summed E-state index contributed by atoms with van der Waals surface area (Å²) in [5.74, 6) is 0. The number of benzene rings is 1. The molecule has 0 aliphatic heterocycles. The van der Waals surface area contributed by atoms with Crippen LogP contribution < -0.4 is 10.0 Å². The maximum absolute atomic E-state index is 12.4. The van der Waals surface area contributed by atoms with Crippen molar-refractivity contribution in [2.75, 3.05) is 11.8 Å². The van der Waals surface area contributed by atoms with Crippen molar-refractivity contribution in [2.24, 2.45) is 0 Å². The summed E-state index contributed by atoms with van der Waals surface area (Å²) < 4.78 is 28.0. The van der Waals surface area contributed by atoms with Crippen molar-refractivity contribution in [2.45, 2.75) is 18.5 Å². The predicted molar refractivity (Wildman–Crippen MR) is 86.0 cm³/mol. The highest BCUT2D eigenvalue weighted by Gasteiger charge is 2.23. The average molecular weight is 394 g/mol. The second kappa shape index (κ2) is 6.35. The zero-order valence-electron chi connectivity index (χ0n) is 11.4. The zero-order valence-corrected chi connectivity index (χ0v) is 14.5. The van der Waals surface area contributed by atoms with Crippen LogP contribution in [-0.2, 0) is 16.6 Å². The Balaban J connectivity index is 2.36. The molecule has 9 heteroatoms. The Morgan fingerprint density at radius 3 is 2.76 bits per heavy atom. The van der Waals surface area contributed by atoms with E-state index in [-0.39, 0.29) is 5.03 Å². The summed E-state index contributed by atoms with van der Waals surface area (Å²) in [4.78, 5) is 0. The van der Waals surface area contributed by atoms with Gasteiger partial charge in [-0.15, -0.1) is 0 Å². The van der Waals surface area contributed by atoms with E-state index < -0.39 is 10.0 Å². The number of H-pyrrole nitrogens is 1. The number of rotatable bonds is 5. The molecule has 0 atom stereocenters. The van der Waals surface area contributed by atoms with Gasteiger partial charge in [0.15, 0.2) is 0 Å². The standard InChI is InChI=1S/C12H14BrClN4O2S/c1-7-9(6-15-2)12(17-16-7)21(19,20)18-8-3-4-10(13)11(14)5-8/h3-5,15,18H,6H2,1-2H3,(H,16,17). The van der Waals surface area contributed by atoms with Crippen LogP contribution in [0.3, 0.4) is 0 Å². The molecular formula is C12H14BrClN4O2S. The Hall–Kier alpha value is -1.09. The van der Waals surface area contributed by atoms with Gasteiger partial charge in [0, 0.05) is 22.3 Å². The molecule has 0 aliphatic rings. The molecule has 114 valence electrons. The van der Waals surface area contributed by atoms with Gasteiger partial charge < -0.3 is 5.32 Å². The smallest absolute Gasteiger partial charge is 0.281 e. The summed E-state index contributed by atoms with van der Waals surface area (Å²) >= 11 is 9.21. The van der Waals surface area contributed by atoms with Crippen LogP contribution >= 0.6 is 27.5 Å². The van der Waals surface area contributed by atoms with Gasteiger partial charge in [-0.2, -0.15) is 13.5 Å². The van der Waals surface area contributed by atoms with E-state index in [9.17, 15) is 8.42 Å². The molecule has 0 bridgehead atoms. The van der Waals surface area contributed by atoms with E-state index in [1.54, 1.807) is 26.1 Å². The summed E-state index contributed by atoms with van der Waals surface area (Å²) in [6.07, 6.45) is 0. The molecule has 2 aromatic rings. The van der Waals surface area contributed by atoms with Crippen LogP contribution in [0.1, 0.15) is 11.3 Å². The minimum Gasteiger partial charge on any atom is -0.316 e. The third-order valence-corrected chi connectivity index (χ3v) is 5.40. The highest BCUT2D eigenvalue weighted by molar-refractivity contribution is 9.10. The molecule has 0 amide bonds. The maximum atomic E-state index is 12.4. The van der Waals surface area contributed by atoms with Crippen LogP contribution in [-0.4, -0.2) is 25.7 Å². The van der Waals surface area contributed by atoms with Gasteiger partial charge >= 0.3 is 0 Å². The molecule has 2 rings (SSSR count). The van der Waals surface area contributed by atoms with Gasteiger partial charge in [0.05, 0.1) is 10.7 Å². The first kappa shape index (κ1) is 16.3. The Morgan fingerprint density at radius 1 is 1.43 bits per heavy atom. The summed E-state index contributed by atoms with van der Waals surface area (Å²) in [7, 11) is -2.04. The van der Waals surface area contributed by atoms with Crippen LogP contribution in [0.15, 0.2) is 27.7 Å². The van der Waals surface area contributed by atoms with Crippen molar-refractivity contribution in [1.82, 2.24) is 15.5 Å². The Labute approximate surface area is 136 Å². The first-order valence-electron chi connectivity index (χ1n) is 6.01. The quantitative estimate of drug-likeness (QED) is 0.729. The number of aromatic amines is 1. The zero-order chi connectivity index (χ0) is 15.6. The second-order valence-corrected chi connectivity index (χ2v) is 7.26. The van der Waals surface area contributed by atoms with Crippen molar-refractivity contribution in [3.63, 3.8) is 0 Å². The Bertz CT molecular complexity index is 761. The van der Waals surface area contributed by atoms with Gasteiger partial charge in [0.2, 0.25) is 5.03 Å². The monoisotopic (exact) mass is 392 g/mol. The van der Waals surface area contributed by atoms with E-state index >= 15 is 0 Å². The van der Waals surface area contributed by atoms with Gasteiger partial charge in [0.1, 0.15) is 0 Å². The average Bonchev–Trinajstić information content (AvgIpc) is 2.77. The lowest BCUT2D eigenvalue weighted by atomic mass is 10.3. The normalized spacial score (nSPS) is 11.6. The highest BCUT2D eigenvalue weighted by atomic mass is 79.9. The number of hydrogen-bond donors (Lipinski definition) is 3. The highest BCUT2D eigenvalue weighted by Crippen LogP contribution is 2.27. The van der Waals surface area contributed by atoms with Crippen molar-refractivity contribution in [3.05, 3.63) is 39.0 Å². The number of aryl methyl sites for hydroxylation is 1. The van der Waals surface area contributed by atoms with Gasteiger partial charge in [0.25, 0.3) is 10.0 Å². The molecule has 0 aliphatic carbocycles. The first-order valence-corrected chi connectivity index (χ1v) is 8.67. The molecule has 21 heavy (non-hydrogen) atoms. The minimum atomic E-state index is -3.78. The molecule has 0 saturated carbocycles. The van der Waals surface area contributed by atoms with Crippen molar-refractivity contribution < 1.29 is 8.42 Å². The lowest BCUT2D eigenvalue weighted by Crippen LogP contribution is -2.17. The van der Waals surface area contributed by atoms with E-state index in [4.69, 9.17) is 11.6 Å². The molecular weight excluding hydrogens is 380 g/mol. The van der Waals surface area contributed by atoms with Gasteiger partial charge in [-0.05, 0) is 48.1 Å². The predicted octanol–water partition coefficient (Wildman–Crippen LogP) is 2.65. The fourth-order valence-corrected chi connectivity index (χ4v) is 3.48. The summed E-state index contributed by atoms with van der Waals surface area (Å²) in [6, 6.07) is 4.82. The molecule has 3 N–H and O–H groups in total. The largest absolute Gasteiger partial charge is 0.316 e. The second-order valence-electron chi connectivity index (χ2n) is 4.40. The fourth-order valence-electron chi connectivity index (χ4n) is 1.80. The molecule has 1 aromatic carbocycles. The number of nitrogens with zero attached hydrogens (tertiary/aromatic N) is 1. The number of hydrogen-bond acceptors (Lipinski definition) is 4. The van der Waals surface area contributed by atoms with E-state index in [1.807, 2.05) is 0 Å². The van der Waals surface area contributed by atoms with Crippen LogP contribution in [0.25, 0.3) is 0 Å². The SMILES string of the molecule is CNCc1c(S(=O)(=O)Nc2ccc(Br)c(Cl)c2)n[nH]c1C. The summed E-state index contributed by atoms with van der Waals surface area (Å²) in [5.41, 5.74) is 1.69. The van der Waals surface area contributed by atoms with Gasteiger partial charge in [-0.3, -0.25) is 9.82 Å². The van der Waals surface area contributed by atoms with Gasteiger partial charge in [-0.1, -0.05) is 11.6 Å². The van der Waals surface area contributed by atoms with E-state index in [1.165, 1.54) is 6.07 Å². The first-order chi connectivity index (χ1) is 9.85. The van der Waals surface area contributed by atoms with Crippen molar-refractivity contribution >= 4 is 43.2 Å². The number of nitrogens with one attached hydrogen (secondary N) is 3. The third-order valence-electron chi connectivity index (χ3n) is 2.82. The van der Waals surface area contributed by atoms with Gasteiger partial charge in [-0.25, -0.2) is 0 Å². The van der Waals surface area contributed by atoms with Crippen LogP contribution in [0.5, 0.6) is 0 Å². The molecule has 0 radical (unpaired) electrons. The van der Waals surface area contributed by atoms with Crippen molar-refractivity contribution in [1.29, 1.82) is 0 Å². The molecule has 0 fully saturated rings. The summed E-state index contributed by atoms with van der Waals surface area (Å²) in [6.45, 7) is 2.18. The van der Waals surface area contributed by atoms with Crippen LogP contribution in [0, 0.1) is 6.92 Å². The molecule has 0 saturated heterocycles. The topological polar surface area (TPSA) is 86.9 Å². The van der Waals surface area contributed by atoms with E-state index in [2.05, 4.69) is 36.2 Å². The lowest BCUT2D eigenvalue weighted by molar-refractivity contribution is 0.595. The lowest BCUT2D eigenvalue weighted by Gasteiger charge is -2.09. The summed E-state index contributed by atoms with van der Waals surface area (Å²) in [5, 5.41) is 9.90.